The van der Waals surface area contributed by atoms with Crippen molar-refractivity contribution < 1.29 is 19.4 Å². The number of anilines is 1. The van der Waals surface area contributed by atoms with E-state index >= 15 is 0 Å². The SMILES string of the molecule is CCCC(NC(=O)[C@@H](O)C(C)(C)C)C(=O)Nc1ncc(-c2ccccc2COc2ccc(Cl)c(Cl)c2)s1. The Balaban J connectivity index is 1.70. The van der Waals surface area contributed by atoms with Crippen LogP contribution in [0.4, 0.5) is 5.13 Å². The lowest BCUT2D eigenvalue weighted by molar-refractivity contribution is -0.137. The van der Waals surface area contributed by atoms with Gasteiger partial charge < -0.3 is 20.5 Å². The number of aliphatic hydroxyl groups is 1. The van der Waals surface area contributed by atoms with Crippen LogP contribution in [0.2, 0.25) is 10.0 Å². The summed E-state index contributed by atoms with van der Waals surface area (Å²) in [6.07, 6.45) is 1.57. The van der Waals surface area contributed by atoms with E-state index in [0.717, 1.165) is 16.0 Å². The topological polar surface area (TPSA) is 101 Å². The fourth-order valence-electron chi connectivity index (χ4n) is 3.46. The molecule has 0 aliphatic heterocycles. The van der Waals surface area contributed by atoms with E-state index in [0.29, 0.717) is 40.4 Å². The number of aliphatic hydroxyl groups excluding tert-OH is 1. The monoisotopic (exact) mass is 563 g/mol. The molecule has 0 aliphatic rings. The molecule has 3 aromatic rings. The van der Waals surface area contributed by atoms with Crippen LogP contribution in [-0.2, 0) is 16.2 Å². The Morgan fingerprint density at radius 1 is 1.11 bits per heavy atom. The number of aromatic nitrogens is 1. The zero-order valence-electron chi connectivity index (χ0n) is 21.2. The van der Waals surface area contributed by atoms with Crippen LogP contribution in [0, 0.1) is 5.41 Å². The van der Waals surface area contributed by atoms with Crippen molar-refractivity contribution in [1.29, 1.82) is 0 Å². The van der Waals surface area contributed by atoms with E-state index in [1.807, 2.05) is 31.2 Å². The Labute approximate surface area is 231 Å². The first-order valence-electron chi connectivity index (χ1n) is 11.9. The van der Waals surface area contributed by atoms with Gasteiger partial charge in [0.15, 0.2) is 5.13 Å². The van der Waals surface area contributed by atoms with Crippen molar-refractivity contribution >= 4 is 51.5 Å². The summed E-state index contributed by atoms with van der Waals surface area (Å²) >= 11 is 13.4. The van der Waals surface area contributed by atoms with Gasteiger partial charge in [0.2, 0.25) is 11.8 Å². The molecule has 0 bridgehead atoms. The second-order valence-electron chi connectivity index (χ2n) is 9.66. The molecule has 0 saturated carbocycles. The van der Waals surface area contributed by atoms with Crippen molar-refractivity contribution in [3.8, 4) is 16.2 Å². The highest BCUT2D eigenvalue weighted by atomic mass is 35.5. The maximum absolute atomic E-state index is 13.0. The number of ether oxygens (including phenoxy) is 1. The van der Waals surface area contributed by atoms with Gasteiger partial charge in [-0.1, -0.05) is 92.9 Å². The lowest BCUT2D eigenvalue weighted by atomic mass is 9.88. The molecule has 2 atom stereocenters. The standard InChI is InChI=1S/C27H31Cl2N3O4S/c1-5-8-21(31-25(35)23(33)27(2,3)4)24(34)32-26-30-14-22(37-26)18-10-7-6-9-16(18)15-36-17-11-12-19(28)20(29)13-17/h6-7,9-14,21,23,33H,5,8,15H2,1-4H3,(H,31,35)(H,30,32,34)/t21?,23-/m1/s1. The molecule has 0 spiro atoms. The van der Waals surface area contributed by atoms with E-state index in [-0.39, 0.29) is 5.91 Å². The molecule has 0 radical (unpaired) electrons. The van der Waals surface area contributed by atoms with Crippen molar-refractivity contribution in [1.82, 2.24) is 10.3 Å². The van der Waals surface area contributed by atoms with Crippen molar-refractivity contribution in [2.45, 2.75) is 59.3 Å². The van der Waals surface area contributed by atoms with E-state index in [1.165, 1.54) is 11.3 Å². The van der Waals surface area contributed by atoms with Crippen molar-refractivity contribution in [2.75, 3.05) is 5.32 Å². The maximum Gasteiger partial charge on any atom is 0.250 e. The number of amides is 2. The highest BCUT2D eigenvalue weighted by molar-refractivity contribution is 7.19. The molecule has 0 aliphatic carbocycles. The summed E-state index contributed by atoms with van der Waals surface area (Å²) in [7, 11) is 0. The summed E-state index contributed by atoms with van der Waals surface area (Å²) in [4.78, 5) is 30.6. The van der Waals surface area contributed by atoms with Crippen LogP contribution in [0.15, 0.2) is 48.7 Å². The summed E-state index contributed by atoms with van der Waals surface area (Å²) in [5, 5.41) is 17.0. The smallest absolute Gasteiger partial charge is 0.250 e. The number of rotatable bonds is 10. The number of thiazole rings is 1. The molecule has 3 rings (SSSR count). The third kappa shape index (κ3) is 7.92. The van der Waals surface area contributed by atoms with Gasteiger partial charge in [-0.05, 0) is 35.1 Å². The number of nitrogens with zero attached hydrogens (tertiary/aromatic N) is 1. The molecule has 10 heteroatoms. The molecular weight excluding hydrogens is 533 g/mol. The number of hydrogen-bond acceptors (Lipinski definition) is 6. The average Bonchev–Trinajstić information content (AvgIpc) is 3.31. The Morgan fingerprint density at radius 2 is 1.84 bits per heavy atom. The van der Waals surface area contributed by atoms with Crippen molar-refractivity contribution in [3.63, 3.8) is 0 Å². The van der Waals surface area contributed by atoms with E-state index in [4.69, 9.17) is 27.9 Å². The number of carbonyl (C=O) groups excluding carboxylic acids is 2. The van der Waals surface area contributed by atoms with Crippen molar-refractivity contribution in [2.24, 2.45) is 5.41 Å². The summed E-state index contributed by atoms with van der Waals surface area (Å²) < 4.78 is 5.91. The normalized spacial score (nSPS) is 13.1. The van der Waals surface area contributed by atoms with Crippen LogP contribution in [0.1, 0.15) is 46.1 Å². The predicted molar refractivity (Wildman–Crippen MR) is 149 cm³/mol. The fourth-order valence-corrected chi connectivity index (χ4v) is 4.63. The number of carbonyl (C=O) groups is 2. The predicted octanol–water partition coefficient (Wildman–Crippen LogP) is 6.33. The second-order valence-corrected chi connectivity index (χ2v) is 11.5. The molecule has 1 unspecified atom stereocenters. The largest absolute Gasteiger partial charge is 0.489 e. The van der Waals surface area contributed by atoms with Crippen LogP contribution in [-0.4, -0.2) is 34.1 Å². The number of nitrogens with one attached hydrogen (secondary N) is 2. The fraction of sp³-hybridized carbons (Fsp3) is 0.370. The molecule has 2 amide bonds. The second kappa shape index (κ2) is 12.7. The first kappa shape index (κ1) is 28.9. The number of halogens is 2. The van der Waals surface area contributed by atoms with Crippen LogP contribution >= 0.6 is 34.5 Å². The zero-order chi connectivity index (χ0) is 27.2. The van der Waals surface area contributed by atoms with Crippen LogP contribution in [0.3, 0.4) is 0 Å². The van der Waals surface area contributed by atoms with Crippen molar-refractivity contribution in [3.05, 3.63) is 64.3 Å². The molecule has 0 fully saturated rings. The molecule has 0 saturated heterocycles. The van der Waals surface area contributed by atoms with Gasteiger partial charge in [0.25, 0.3) is 0 Å². The minimum atomic E-state index is -1.23. The molecule has 3 N–H and O–H groups in total. The molecule has 37 heavy (non-hydrogen) atoms. The Hall–Kier alpha value is -2.65. The van der Waals surface area contributed by atoms with Gasteiger partial charge in [-0.3, -0.25) is 9.59 Å². The maximum atomic E-state index is 13.0. The summed E-state index contributed by atoms with van der Waals surface area (Å²) in [5.74, 6) is -0.354. The lowest BCUT2D eigenvalue weighted by Gasteiger charge is -2.26. The summed E-state index contributed by atoms with van der Waals surface area (Å²) in [6.45, 7) is 7.50. The molecule has 7 nitrogen and oxygen atoms in total. The zero-order valence-corrected chi connectivity index (χ0v) is 23.5. The van der Waals surface area contributed by atoms with Gasteiger partial charge >= 0.3 is 0 Å². The van der Waals surface area contributed by atoms with Gasteiger partial charge in [-0.15, -0.1) is 0 Å². The summed E-state index contributed by atoms with van der Waals surface area (Å²) in [5.41, 5.74) is 1.22. The minimum Gasteiger partial charge on any atom is -0.489 e. The van der Waals surface area contributed by atoms with Gasteiger partial charge in [0.05, 0.1) is 14.9 Å². The molecule has 1 aromatic heterocycles. The average molecular weight is 565 g/mol. The van der Waals surface area contributed by atoms with E-state index in [9.17, 15) is 14.7 Å². The number of benzene rings is 2. The van der Waals surface area contributed by atoms with Gasteiger partial charge in [-0.25, -0.2) is 4.98 Å². The third-order valence-electron chi connectivity index (χ3n) is 5.58. The van der Waals surface area contributed by atoms with E-state index in [1.54, 1.807) is 45.2 Å². The molecule has 1 heterocycles. The summed E-state index contributed by atoms with van der Waals surface area (Å²) in [6, 6.07) is 12.1. The van der Waals surface area contributed by atoms with Crippen LogP contribution in [0.25, 0.3) is 10.4 Å². The van der Waals surface area contributed by atoms with Gasteiger partial charge in [-0.2, -0.15) is 0 Å². The number of hydrogen-bond donors (Lipinski definition) is 3. The Kier molecular flexibility index (Phi) is 9.95. The van der Waals surface area contributed by atoms with Crippen LogP contribution in [0.5, 0.6) is 5.75 Å². The Morgan fingerprint density at radius 3 is 2.51 bits per heavy atom. The lowest BCUT2D eigenvalue weighted by Crippen LogP contribution is -2.50. The van der Waals surface area contributed by atoms with E-state index in [2.05, 4.69) is 15.6 Å². The van der Waals surface area contributed by atoms with Crippen LogP contribution < -0.4 is 15.4 Å². The third-order valence-corrected chi connectivity index (χ3v) is 7.27. The first-order chi connectivity index (χ1) is 17.5. The molecule has 198 valence electrons. The molecule has 2 aromatic carbocycles. The minimum absolute atomic E-state index is 0.300. The highest BCUT2D eigenvalue weighted by Crippen LogP contribution is 2.33. The first-order valence-corrected chi connectivity index (χ1v) is 13.5. The van der Waals surface area contributed by atoms with Gasteiger partial charge in [0, 0.05) is 12.3 Å². The van der Waals surface area contributed by atoms with Gasteiger partial charge in [0.1, 0.15) is 24.5 Å². The quantitative estimate of drug-likeness (QED) is 0.267. The van der Waals surface area contributed by atoms with E-state index < -0.39 is 23.5 Å². The molecular formula is C27H31Cl2N3O4S. The Bertz CT molecular complexity index is 1240. The highest BCUT2D eigenvalue weighted by Gasteiger charge is 2.32.